The fraction of sp³-hybridized carbons (Fsp3) is 0.556. The van der Waals surface area contributed by atoms with Gasteiger partial charge in [-0.2, -0.15) is 13.2 Å². The average Bonchev–Trinajstić information content (AvgIpc) is 2.92. The second kappa shape index (κ2) is 14.3. The number of esters is 1. The molecule has 0 radical (unpaired) electrons. The second-order valence-electron chi connectivity index (χ2n) is 9.49. The van der Waals surface area contributed by atoms with Gasteiger partial charge in [0.1, 0.15) is 0 Å². The number of alkyl carbamates (subject to hydrolysis) is 1. The molecule has 1 aromatic carbocycles. The summed E-state index contributed by atoms with van der Waals surface area (Å²) >= 11 is 0. The fourth-order valence-electron chi connectivity index (χ4n) is 4.71. The first kappa shape index (κ1) is 31.1. The van der Waals surface area contributed by atoms with Gasteiger partial charge in [0.2, 0.25) is 0 Å². The van der Waals surface area contributed by atoms with Crippen molar-refractivity contribution in [3.8, 4) is 11.3 Å². The topological polar surface area (TPSA) is 115 Å². The van der Waals surface area contributed by atoms with Crippen LogP contribution < -0.4 is 10.6 Å². The number of carbonyl (C=O) groups is 2. The van der Waals surface area contributed by atoms with Crippen LogP contribution in [0, 0.1) is 6.92 Å². The van der Waals surface area contributed by atoms with Crippen molar-refractivity contribution in [2.24, 2.45) is 0 Å². The highest BCUT2D eigenvalue weighted by Gasteiger charge is 2.31. The summed E-state index contributed by atoms with van der Waals surface area (Å²) in [6.45, 7) is 6.01. The minimum Gasteiger partial charge on any atom is -0.466 e. The molecule has 1 saturated heterocycles. The number of halogens is 3. The number of ether oxygens (including phenoxy) is 3. The number of rotatable bonds is 11. The molecule has 1 aliphatic rings. The maximum absolute atomic E-state index is 13.4. The molecule has 220 valence electrons. The van der Waals surface area contributed by atoms with Gasteiger partial charge in [0, 0.05) is 37.4 Å². The van der Waals surface area contributed by atoms with E-state index in [1.165, 1.54) is 20.3 Å². The molecule has 1 amide bonds. The lowest BCUT2D eigenvalue weighted by molar-refractivity contribution is -0.143. The van der Waals surface area contributed by atoms with Gasteiger partial charge in [-0.25, -0.2) is 4.79 Å². The van der Waals surface area contributed by atoms with Crippen LogP contribution in [0.3, 0.4) is 0 Å². The van der Waals surface area contributed by atoms with Crippen LogP contribution in [0.5, 0.6) is 0 Å². The van der Waals surface area contributed by atoms with Crippen molar-refractivity contribution >= 4 is 17.9 Å². The Morgan fingerprint density at radius 3 is 2.65 bits per heavy atom. The Morgan fingerprint density at radius 1 is 1.20 bits per heavy atom. The number of anilines is 1. The van der Waals surface area contributed by atoms with E-state index in [9.17, 15) is 22.8 Å². The van der Waals surface area contributed by atoms with Gasteiger partial charge in [0.05, 0.1) is 44.5 Å². The lowest BCUT2D eigenvalue weighted by Gasteiger charge is -2.33. The number of benzene rings is 1. The monoisotopic (exact) mass is 567 g/mol. The number of likely N-dealkylation sites (tertiary alicyclic amines) is 1. The van der Waals surface area contributed by atoms with E-state index in [1.807, 2.05) is 0 Å². The third-order valence-electron chi connectivity index (χ3n) is 6.71. The number of amides is 1. The van der Waals surface area contributed by atoms with Crippen LogP contribution in [0.1, 0.15) is 48.4 Å². The van der Waals surface area contributed by atoms with E-state index >= 15 is 0 Å². The van der Waals surface area contributed by atoms with Gasteiger partial charge in [0.25, 0.3) is 0 Å². The molecular weight excluding hydrogens is 531 g/mol. The van der Waals surface area contributed by atoms with Crippen LogP contribution in [0.25, 0.3) is 11.3 Å². The summed E-state index contributed by atoms with van der Waals surface area (Å²) in [5.74, 6) is 0.219. The summed E-state index contributed by atoms with van der Waals surface area (Å²) in [5.41, 5.74) is 1.63. The largest absolute Gasteiger partial charge is 0.466 e. The molecule has 2 N–H and O–H groups in total. The van der Waals surface area contributed by atoms with Crippen molar-refractivity contribution in [3.05, 3.63) is 40.5 Å². The summed E-state index contributed by atoms with van der Waals surface area (Å²) in [4.78, 5) is 25.8. The maximum Gasteiger partial charge on any atom is 0.416 e. The molecule has 1 unspecified atom stereocenters. The van der Waals surface area contributed by atoms with Crippen LogP contribution in [0.4, 0.5) is 23.8 Å². The average molecular weight is 568 g/mol. The Kier molecular flexibility index (Phi) is 11.1. The number of hydrogen-bond acceptors (Lipinski definition) is 9. The van der Waals surface area contributed by atoms with Crippen molar-refractivity contribution in [2.45, 2.75) is 58.5 Å². The minimum atomic E-state index is -4.50. The van der Waals surface area contributed by atoms with Crippen molar-refractivity contribution in [3.63, 3.8) is 0 Å². The minimum absolute atomic E-state index is 0.00231. The maximum atomic E-state index is 13.4. The molecule has 0 bridgehead atoms. The van der Waals surface area contributed by atoms with Gasteiger partial charge in [-0.3, -0.25) is 4.79 Å². The SMILES string of the molecule is CCOC(=O)CCN1CCCC(Nc2nnc(-c3ccc(C(F)(F)F)cc3COC)c(C)c2CNC(=O)OC)C1. The van der Waals surface area contributed by atoms with E-state index in [2.05, 4.69) is 25.7 Å². The van der Waals surface area contributed by atoms with Crippen molar-refractivity contribution in [2.75, 3.05) is 45.8 Å². The summed E-state index contributed by atoms with van der Waals surface area (Å²) in [6, 6.07) is 3.41. The highest BCUT2D eigenvalue weighted by atomic mass is 19.4. The number of piperidine rings is 1. The zero-order chi connectivity index (χ0) is 29.3. The van der Waals surface area contributed by atoms with Gasteiger partial charge in [-0.05, 0) is 56.5 Å². The van der Waals surface area contributed by atoms with Gasteiger partial charge in [-0.15, -0.1) is 10.2 Å². The first-order valence-corrected chi connectivity index (χ1v) is 13.1. The second-order valence-corrected chi connectivity index (χ2v) is 9.49. The predicted molar refractivity (Wildman–Crippen MR) is 141 cm³/mol. The number of nitrogens with one attached hydrogen (secondary N) is 2. The van der Waals surface area contributed by atoms with Gasteiger partial charge in [-0.1, -0.05) is 6.07 Å². The van der Waals surface area contributed by atoms with Gasteiger partial charge >= 0.3 is 18.2 Å². The van der Waals surface area contributed by atoms with E-state index in [4.69, 9.17) is 14.2 Å². The Balaban J connectivity index is 1.91. The zero-order valence-electron chi connectivity index (χ0n) is 23.2. The predicted octanol–water partition coefficient (Wildman–Crippen LogP) is 4.30. The summed E-state index contributed by atoms with van der Waals surface area (Å²) in [5, 5.41) is 14.9. The van der Waals surface area contributed by atoms with Gasteiger partial charge in [0.15, 0.2) is 5.82 Å². The van der Waals surface area contributed by atoms with Crippen molar-refractivity contribution < 1.29 is 37.0 Å². The standard InChI is InChI=1S/C27H36F3N5O5/c1-5-40-23(36)10-12-35-11-6-7-20(15-35)32-25-22(14-31-26(37)39-4)17(2)24(33-34-25)21-9-8-19(27(28,29)30)13-18(21)16-38-3/h8-9,13,20H,5-7,10-12,14-16H2,1-4H3,(H,31,37)(H,32,34). The summed E-state index contributed by atoms with van der Waals surface area (Å²) in [6.07, 6.45) is -3.07. The Hall–Kier alpha value is -3.45. The van der Waals surface area contributed by atoms with Crippen molar-refractivity contribution in [1.29, 1.82) is 0 Å². The first-order chi connectivity index (χ1) is 19.1. The molecule has 1 fully saturated rings. The third-order valence-corrected chi connectivity index (χ3v) is 6.71. The normalized spacial score (nSPS) is 15.9. The van der Waals surface area contributed by atoms with Crippen LogP contribution in [-0.4, -0.2) is 73.7 Å². The smallest absolute Gasteiger partial charge is 0.416 e. The quantitative estimate of drug-likeness (QED) is 0.384. The number of methoxy groups -OCH3 is 2. The molecule has 0 aliphatic carbocycles. The number of alkyl halides is 3. The molecule has 1 aliphatic heterocycles. The highest BCUT2D eigenvalue weighted by Crippen LogP contribution is 2.35. The summed E-state index contributed by atoms with van der Waals surface area (Å²) in [7, 11) is 2.66. The molecule has 3 rings (SSSR count). The number of nitrogens with zero attached hydrogens (tertiary/aromatic N) is 3. The van der Waals surface area contributed by atoms with E-state index in [0.717, 1.165) is 31.5 Å². The molecule has 0 saturated carbocycles. The molecule has 1 atom stereocenters. The molecule has 2 aromatic rings. The first-order valence-electron chi connectivity index (χ1n) is 13.1. The molecule has 13 heteroatoms. The van der Waals surface area contributed by atoms with Crippen LogP contribution in [0.2, 0.25) is 0 Å². The van der Waals surface area contributed by atoms with E-state index < -0.39 is 17.8 Å². The number of hydrogen-bond donors (Lipinski definition) is 2. The third kappa shape index (κ3) is 8.28. The van der Waals surface area contributed by atoms with Crippen LogP contribution in [-0.2, 0) is 38.3 Å². The van der Waals surface area contributed by atoms with Crippen molar-refractivity contribution in [1.82, 2.24) is 20.4 Å². The molecule has 2 heterocycles. The molecule has 0 spiro atoms. The molecular formula is C27H36F3N5O5. The Labute approximate surface area is 231 Å². The molecule has 10 nitrogen and oxygen atoms in total. The van der Waals surface area contributed by atoms with Gasteiger partial charge < -0.3 is 29.7 Å². The number of aromatic nitrogens is 2. The molecule has 1 aromatic heterocycles. The number of carbonyl (C=O) groups excluding carboxylic acids is 2. The lowest BCUT2D eigenvalue weighted by atomic mass is 9.96. The van der Waals surface area contributed by atoms with Crippen LogP contribution >= 0.6 is 0 Å². The fourth-order valence-corrected chi connectivity index (χ4v) is 4.71. The Bertz CT molecular complexity index is 1180. The van der Waals surface area contributed by atoms with E-state index in [1.54, 1.807) is 13.8 Å². The van der Waals surface area contributed by atoms with Crippen LogP contribution in [0.15, 0.2) is 18.2 Å². The highest BCUT2D eigenvalue weighted by molar-refractivity contribution is 5.72. The van der Waals surface area contributed by atoms with E-state index in [-0.39, 0.29) is 25.2 Å². The summed E-state index contributed by atoms with van der Waals surface area (Å²) < 4.78 is 55.0. The molecule has 40 heavy (non-hydrogen) atoms. The lowest BCUT2D eigenvalue weighted by Crippen LogP contribution is -2.43. The van der Waals surface area contributed by atoms with E-state index in [0.29, 0.717) is 59.9 Å². The Morgan fingerprint density at radius 2 is 1.98 bits per heavy atom. The zero-order valence-corrected chi connectivity index (χ0v) is 23.2.